The van der Waals surface area contributed by atoms with Gasteiger partial charge >= 0.3 is 0 Å². The number of hydrogen-bond acceptors (Lipinski definition) is 3. The molecule has 0 bridgehead atoms. The minimum absolute atomic E-state index is 0.232. The first-order chi connectivity index (χ1) is 18.5. The van der Waals surface area contributed by atoms with E-state index in [4.69, 9.17) is 4.98 Å². The third kappa shape index (κ3) is 5.48. The van der Waals surface area contributed by atoms with E-state index in [1.165, 1.54) is 16.7 Å². The summed E-state index contributed by atoms with van der Waals surface area (Å²) in [5.41, 5.74) is 5.70. The van der Waals surface area contributed by atoms with Crippen molar-refractivity contribution in [3.8, 4) is 0 Å². The molecule has 0 atom stereocenters. The lowest BCUT2D eigenvalue weighted by atomic mass is 9.99. The first-order valence-electron chi connectivity index (χ1n) is 13.5. The molecule has 5 rings (SSSR count). The zero-order chi connectivity index (χ0) is 26.6. The van der Waals surface area contributed by atoms with Crippen LogP contribution in [-0.2, 0) is 32.6 Å². The Balaban J connectivity index is 1.40. The van der Waals surface area contributed by atoms with E-state index in [9.17, 15) is 13.6 Å². The van der Waals surface area contributed by atoms with Crippen LogP contribution in [0.5, 0.6) is 0 Å². The zero-order valence-corrected chi connectivity index (χ0v) is 22.1. The summed E-state index contributed by atoms with van der Waals surface area (Å²) >= 11 is 0. The van der Waals surface area contributed by atoms with Gasteiger partial charge in [-0.25, -0.2) is 13.8 Å². The molecule has 0 radical (unpaired) electrons. The Morgan fingerprint density at radius 2 is 1.82 bits per heavy atom. The van der Waals surface area contributed by atoms with Gasteiger partial charge in [0.2, 0.25) is 0 Å². The van der Waals surface area contributed by atoms with Gasteiger partial charge in [0, 0.05) is 32.7 Å². The quantitative estimate of drug-likeness (QED) is 0.261. The summed E-state index contributed by atoms with van der Waals surface area (Å²) in [6.45, 7) is 8.29. The molecule has 0 saturated heterocycles. The molecule has 1 aromatic heterocycles. The molecular formula is C31H34F2N4O. The number of rotatable bonds is 9. The summed E-state index contributed by atoms with van der Waals surface area (Å²) < 4.78 is 30.4. The van der Waals surface area contributed by atoms with Gasteiger partial charge in [-0.15, -0.1) is 0 Å². The van der Waals surface area contributed by atoms with Gasteiger partial charge in [0.1, 0.15) is 17.5 Å². The van der Waals surface area contributed by atoms with Crippen molar-refractivity contribution in [2.24, 2.45) is 0 Å². The fourth-order valence-electron chi connectivity index (χ4n) is 5.39. The number of benzene rings is 3. The van der Waals surface area contributed by atoms with Gasteiger partial charge in [-0.3, -0.25) is 9.69 Å². The smallest absolute Gasteiger partial charge is 0.257 e. The maximum absolute atomic E-state index is 14.4. The average molecular weight is 517 g/mol. The summed E-state index contributed by atoms with van der Waals surface area (Å²) in [6.07, 6.45) is 2.66. The molecule has 198 valence electrons. The van der Waals surface area contributed by atoms with Crippen LogP contribution < -0.4 is 0 Å². The molecule has 1 aliphatic rings. The summed E-state index contributed by atoms with van der Waals surface area (Å²) in [7, 11) is 0. The third-order valence-corrected chi connectivity index (χ3v) is 7.23. The molecule has 4 aromatic rings. The highest BCUT2D eigenvalue weighted by Crippen LogP contribution is 2.24. The second-order valence-electron chi connectivity index (χ2n) is 10.1. The number of aryl methyl sites for hydroxylation is 1. The SMILES string of the molecule is CCCN(Cc1nc2cc(CN3CCc4ccccc4C3)ccc2n1CCC)C(=O)c1cc(F)ccc1F. The van der Waals surface area contributed by atoms with E-state index in [1.54, 1.807) is 4.90 Å². The van der Waals surface area contributed by atoms with Gasteiger partial charge in [0.05, 0.1) is 23.1 Å². The van der Waals surface area contributed by atoms with Gasteiger partial charge in [-0.1, -0.05) is 44.2 Å². The molecule has 1 amide bonds. The number of fused-ring (bicyclic) bond motifs is 2. The molecule has 5 nitrogen and oxygen atoms in total. The van der Waals surface area contributed by atoms with Gasteiger partial charge in [0.25, 0.3) is 5.91 Å². The van der Waals surface area contributed by atoms with E-state index in [-0.39, 0.29) is 12.1 Å². The summed E-state index contributed by atoms with van der Waals surface area (Å²) in [4.78, 5) is 22.2. The topological polar surface area (TPSA) is 41.4 Å². The second-order valence-corrected chi connectivity index (χ2v) is 10.1. The van der Waals surface area contributed by atoms with Gasteiger partial charge in [-0.05, 0) is 66.3 Å². The van der Waals surface area contributed by atoms with E-state index in [0.717, 1.165) is 74.1 Å². The van der Waals surface area contributed by atoms with Crippen LogP contribution in [0.25, 0.3) is 11.0 Å². The number of nitrogens with zero attached hydrogens (tertiary/aromatic N) is 4. The van der Waals surface area contributed by atoms with Crippen LogP contribution in [0.2, 0.25) is 0 Å². The Morgan fingerprint density at radius 1 is 1.00 bits per heavy atom. The van der Waals surface area contributed by atoms with Gasteiger partial charge in [-0.2, -0.15) is 0 Å². The van der Waals surface area contributed by atoms with Crippen molar-refractivity contribution in [2.45, 2.75) is 59.3 Å². The maximum atomic E-state index is 14.4. The fraction of sp³-hybridized carbons (Fsp3) is 0.355. The molecule has 1 aliphatic heterocycles. The minimum Gasteiger partial charge on any atom is -0.331 e. The van der Waals surface area contributed by atoms with Crippen molar-refractivity contribution in [3.63, 3.8) is 0 Å². The molecule has 0 aliphatic carbocycles. The third-order valence-electron chi connectivity index (χ3n) is 7.23. The Kier molecular flexibility index (Phi) is 7.84. The number of amides is 1. The van der Waals surface area contributed by atoms with Crippen molar-refractivity contribution in [1.29, 1.82) is 0 Å². The zero-order valence-electron chi connectivity index (χ0n) is 22.1. The van der Waals surface area contributed by atoms with Crippen molar-refractivity contribution >= 4 is 16.9 Å². The normalized spacial score (nSPS) is 13.6. The number of imidazole rings is 1. The van der Waals surface area contributed by atoms with Crippen molar-refractivity contribution < 1.29 is 13.6 Å². The largest absolute Gasteiger partial charge is 0.331 e. The van der Waals surface area contributed by atoms with Crippen LogP contribution in [0, 0.1) is 11.6 Å². The molecule has 7 heteroatoms. The maximum Gasteiger partial charge on any atom is 0.257 e. The van der Waals surface area contributed by atoms with Crippen molar-refractivity contribution in [3.05, 3.63) is 100 Å². The Labute approximate surface area is 222 Å². The van der Waals surface area contributed by atoms with E-state index < -0.39 is 17.5 Å². The highest BCUT2D eigenvalue weighted by molar-refractivity contribution is 5.94. The fourth-order valence-corrected chi connectivity index (χ4v) is 5.39. The Bertz CT molecular complexity index is 1450. The van der Waals surface area contributed by atoms with Crippen LogP contribution in [0.3, 0.4) is 0 Å². The predicted molar refractivity (Wildman–Crippen MR) is 146 cm³/mol. The average Bonchev–Trinajstić information content (AvgIpc) is 3.25. The van der Waals surface area contributed by atoms with Crippen LogP contribution in [0.15, 0.2) is 60.7 Å². The summed E-state index contributed by atoms with van der Waals surface area (Å²) in [5.74, 6) is -1.12. The Hall–Kier alpha value is -3.58. The van der Waals surface area contributed by atoms with E-state index in [2.05, 4.69) is 58.9 Å². The highest BCUT2D eigenvalue weighted by atomic mass is 19.1. The monoisotopic (exact) mass is 516 g/mol. The number of hydrogen-bond donors (Lipinski definition) is 0. The first kappa shape index (κ1) is 26.0. The molecule has 2 heterocycles. The number of halogens is 2. The Morgan fingerprint density at radius 3 is 2.61 bits per heavy atom. The highest BCUT2D eigenvalue weighted by Gasteiger charge is 2.23. The van der Waals surface area contributed by atoms with Crippen LogP contribution in [0.4, 0.5) is 8.78 Å². The van der Waals surface area contributed by atoms with Gasteiger partial charge in [0.15, 0.2) is 0 Å². The first-order valence-corrected chi connectivity index (χ1v) is 13.5. The van der Waals surface area contributed by atoms with Crippen LogP contribution in [-0.4, -0.2) is 38.3 Å². The molecule has 0 N–H and O–H groups in total. The molecule has 38 heavy (non-hydrogen) atoms. The molecular weight excluding hydrogens is 482 g/mol. The molecule has 0 fully saturated rings. The lowest BCUT2D eigenvalue weighted by Crippen LogP contribution is -2.33. The van der Waals surface area contributed by atoms with E-state index in [1.807, 2.05) is 6.92 Å². The lowest BCUT2D eigenvalue weighted by Gasteiger charge is -2.28. The summed E-state index contributed by atoms with van der Waals surface area (Å²) in [5, 5.41) is 0. The van der Waals surface area contributed by atoms with E-state index >= 15 is 0 Å². The minimum atomic E-state index is -0.718. The van der Waals surface area contributed by atoms with Crippen molar-refractivity contribution in [1.82, 2.24) is 19.4 Å². The molecule has 0 unspecified atom stereocenters. The molecule has 0 saturated carbocycles. The predicted octanol–water partition coefficient (Wildman–Crippen LogP) is 6.34. The summed E-state index contributed by atoms with van der Waals surface area (Å²) in [6, 6.07) is 18.1. The molecule has 0 spiro atoms. The standard InChI is InChI=1S/C31H34F2N4O/c1-3-14-36(31(38)26-18-25(32)10-11-27(26)33)21-30-34-28-17-22(9-12-29(28)37(30)15-4-2)19-35-16-13-23-7-5-6-8-24(23)20-35/h5-12,17-18H,3-4,13-16,19-21H2,1-2H3. The molecule has 3 aromatic carbocycles. The van der Waals surface area contributed by atoms with Crippen molar-refractivity contribution in [2.75, 3.05) is 13.1 Å². The number of aromatic nitrogens is 2. The van der Waals surface area contributed by atoms with Gasteiger partial charge < -0.3 is 9.47 Å². The van der Waals surface area contributed by atoms with E-state index in [0.29, 0.717) is 13.0 Å². The second kappa shape index (κ2) is 11.4. The van der Waals surface area contributed by atoms with Crippen LogP contribution in [0.1, 0.15) is 59.6 Å². The van der Waals surface area contributed by atoms with Crippen LogP contribution >= 0.6 is 0 Å². The number of carbonyl (C=O) groups is 1. The number of carbonyl (C=O) groups excluding carboxylic acids is 1. The lowest BCUT2D eigenvalue weighted by molar-refractivity contribution is 0.0732.